The number of rotatable bonds is 5. The van der Waals surface area contributed by atoms with Crippen LogP contribution in [-0.2, 0) is 10.0 Å². The molecule has 0 aliphatic carbocycles. The number of nitrogens with one attached hydrogen (secondary N) is 2. The van der Waals surface area contributed by atoms with E-state index in [0.29, 0.717) is 37.4 Å². The van der Waals surface area contributed by atoms with Crippen LogP contribution in [0.1, 0.15) is 18.4 Å². The molecule has 0 unspecified atom stereocenters. The molecule has 2 aromatic carbocycles. The molecule has 2 N–H and O–H groups in total. The summed E-state index contributed by atoms with van der Waals surface area (Å²) in [5.74, 6) is 0.0828. The minimum absolute atomic E-state index is 0.0191. The summed E-state index contributed by atoms with van der Waals surface area (Å²) in [7, 11) is -2.19. The predicted molar refractivity (Wildman–Crippen MR) is 108 cm³/mol. The summed E-state index contributed by atoms with van der Waals surface area (Å²) in [6.45, 7) is 2.75. The van der Waals surface area contributed by atoms with E-state index in [1.54, 1.807) is 18.1 Å². The fourth-order valence-electron chi connectivity index (χ4n) is 3.22. The number of halogens is 1. The van der Waals surface area contributed by atoms with Crippen LogP contribution in [0, 0.1) is 12.7 Å². The maximum absolute atomic E-state index is 13.0. The number of urea groups is 1. The number of carbonyl (C=O) groups is 1. The Morgan fingerprint density at radius 3 is 2.41 bits per heavy atom. The molecule has 3 rings (SSSR count). The normalized spacial score (nSPS) is 15.2. The summed E-state index contributed by atoms with van der Waals surface area (Å²) >= 11 is 0. The van der Waals surface area contributed by atoms with Crippen molar-refractivity contribution < 1.29 is 22.3 Å². The predicted octanol–water partition coefficient (Wildman–Crippen LogP) is 3.12. The van der Waals surface area contributed by atoms with Gasteiger partial charge in [-0.25, -0.2) is 22.3 Å². The number of methoxy groups -OCH3 is 1. The van der Waals surface area contributed by atoms with Gasteiger partial charge in [-0.2, -0.15) is 0 Å². The lowest BCUT2D eigenvalue weighted by atomic mass is 10.1. The molecule has 1 saturated heterocycles. The third-order valence-corrected chi connectivity index (χ3v) is 6.36. The lowest BCUT2D eigenvalue weighted by molar-refractivity contribution is 0.193. The number of amides is 2. The maximum Gasteiger partial charge on any atom is 0.321 e. The molecule has 9 heteroatoms. The molecule has 2 aromatic rings. The van der Waals surface area contributed by atoms with Gasteiger partial charge in [0.1, 0.15) is 11.6 Å². The highest BCUT2D eigenvalue weighted by Crippen LogP contribution is 2.26. The number of sulfonamides is 1. The molecule has 0 aromatic heterocycles. The molecule has 29 heavy (non-hydrogen) atoms. The Morgan fingerprint density at radius 1 is 1.14 bits per heavy atom. The fraction of sp³-hybridized carbons (Fsp3) is 0.350. The summed E-state index contributed by atoms with van der Waals surface area (Å²) in [5, 5.41) is 2.85. The zero-order chi connectivity index (χ0) is 21.0. The first-order valence-electron chi connectivity index (χ1n) is 9.27. The standard InChI is InChI=1S/C20H24FN3O4S/c1-14-3-8-19(28-2)18(13-14)22-20(25)24-11-9-16(10-12-24)23-29(26,27)17-6-4-15(21)5-7-17/h3-8,13,16,23H,9-12H2,1-2H3,(H,22,25). The molecular formula is C20H24FN3O4S. The van der Waals surface area contributed by atoms with Crippen molar-refractivity contribution >= 4 is 21.7 Å². The summed E-state index contributed by atoms with van der Waals surface area (Å²) in [6, 6.07) is 9.67. The number of benzene rings is 2. The summed E-state index contributed by atoms with van der Waals surface area (Å²) in [5.41, 5.74) is 1.59. The van der Waals surface area contributed by atoms with E-state index in [0.717, 1.165) is 17.7 Å². The Labute approximate surface area is 169 Å². The van der Waals surface area contributed by atoms with Crippen molar-refractivity contribution in [2.75, 3.05) is 25.5 Å². The van der Waals surface area contributed by atoms with Gasteiger partial charge < -0.3 is 15.0 Å². The number of hydrogen-bond donors (Lipinski definition) is 2. The number of anilines is 1. The van der Waals surface area contributed by atoms with E-state index in [2.05, 4.69) is 10.0 Å². The van der Waals surface area contributed by atoms with Crippen LogP contribution < -0.4 is 14.8 Å². The van der Waals surface area contributed by atoms with Crippen LogP contribution >= 0.6 is 0 Å². The van der Waals surface area contributed by atoms with Gasteiger partial charge in [0.05, 0.1) is 17.7 Å². The van der Waals surface area contributed by atoms with Crippen molar-refractivity contribution in [1.82, 2.24) is 9.62 Å². The molecule has 0 spiro atoms. The van der Waals surface area contributed by atoms with Crippen LogP contribution in [0.2, 0.25) is 0 Å². The second-order valence-corrected chi connectivity index (χ2v) is 8.68. The Kier molecular flexibility index (Phi) is 6.39. The molecule has 0 saturated carbocycles. The van der Waals surface area contributed by atoms with Crippen molar-refractivity contribution in [1.29, 1.82) is 0 Å². The van der Waals surface area contributed by atoms with Crippen LogP contribution in [0.15, 0.2) is 47.4 Å². The van der Waals surface area contributed by atoms with Crippen molar-refractivity contribution in [2.45, 2.75) is 30.7 Å². The van der Waals surface area contributed by atoms with Crippen LogP contribution in [0.5, 0.6) is 5.75 Å². The number of nitrogens with zero attached hydrogens (tertiary/aromatic N) is 1. The molecule has 7 nitrogen and oxygen atoms in total. The van der Waals surface area contributed by atoms with Crippen molar-refractivity contribution in [2.24, 2.45) is 0 Å². The molecule has 1 aliphatic rings. The Hall–Kier alpha value is -2.65. The first-order valence-corrected chi connectivity index (χ1v) is 10.8. The second-order valence-electron chi connectivity index (χ2n) is 6.97. The van der Waals surface area contributed by atoms with Gasteiger partial charge in [0.2, 0.25) is 10.0 Å². The molecule has 0 atom stereocenters. The van der Waals surface area contributed by atoms with Gasteiger partial charge in [-0.3, -0.25) is 0 Å². The lowest BCUT2D eigenvalue weighted by Gasteiger charge is -2.32. The van der Waals surface area contributed by atoms with Gasteiger partial charge >= 0.3 is 6.03 Å². The molecule has 1 fully saturated rings. The Morgan fingerprint density at radius 2 is 1.79 bits per heavy atom. The smallest absolute Gasteiger partial charge is 0.321 e. The van der Waals surface area contributed by atoms with Crippen LogP contribution in [0.3, 0.4) is 0 Å². The highest BCUT2D eigenvalue weighted by atomic mass is 32.2. The first-order chi connectivity index (χ1) is 13.8. The lowest BCUT2D eigenvalue weighted by Crippen LogP contribution is -2.47. The van der Waals surface area contributed by atoms with Gasteiger partial charge in [0, 0.05) is 19.1 Å². The number of likely N-dealkylation sites (tertiary alicyclic amines) is 1. The summed E-state index contributed by atoms with van der Waals surface area (Å²) < 4.78 is 45.8. The highest BCUT2D eigenvalue weighted by Gasteiger charge is 2.27. The highest BCUT2D eigenvalue weighted by molar-refractivity contribution is 7.89. The van der Waals surface area contributed by atoms with E-state index in [4.69, 9.17) is 4.74 Å². The SMILES string of the molecule is COc1ccc(C)cc1NC(=O)N1CCC(NS(=O)(=O)c2ccc(F)cc2)CC1. The second kappa shape index (κ2) is 8.79. The van der Waals surface area contributed by atoms with Crippen LogP contribution in [0.4, 0.5) is 14.9 Å². The largest absolute Gasteiger partial charge is 0.495 e. The average Bonchev–Trinajstić information content (AvgIpc) is 2.69. The van der Waals surface area contributed by atoms with E-state index in [9.17, 15) is 17.6 Å². The van der Waals surface area contributed by atoms with E-state index < -0.39 is 15.8 Å². The van der Waals surface area contributed by atoms with E-state index >= 15 is 0 Å². The fourth-order valence-corrected chi connectivity index (χ4v) is 4.52. The molecule has 2 amide bonds. The molecule has 1 aliphatic heterocycles. The maximum atomic E-state index is 13.0. The van der Waals surface area contributed by atoms with E-state index in [1.165, 1.54) is 12.1 Å². The van der Waals surface area contributed by atoms with Gasteiger partial charge in [-0.1, -0.05) is 6.07 Å². The monoisotopic (exact) mass is 421 g/mol. The first kappa shape index (κ1) is 21.1. The number of ether oxygens (including phenoxy) is 1. The zero-order valence-corrected chi connectivity index (χ0v) is 17.1. The molecule has 156 valence electrons. The Balaban J connectivity index is 1.57. The topological polar surface area (TPSA) is 87.7 Å². The molecule has 1 heterocycles. The van der Waals surface area contributed by atoms with Gasteiger partial charge in [-0.15, -0.1) is 0 Å². The number of aryl methyl sites for hydroxylation is 1. The zero-order valence-electron chi connectivity index (χ0n) is 16.3. The van der Waals surface area contributed by atoms with Gasteiger partial charge in [0.25, 0.3) is 0 Å². The molecule has 0 radical (unpaired) electrons. The van der Waals surface area contributed by atoms with Crippen molar-refractivity contribution in [3.63, 3.8) is 0 Å². The van der Waals surface area contributed by atoms with Crippen molar-refractivity contribution in [3.8, 4) is 5.75 Å². The third kappa shape index (κ3) is 5.24. The van der Waals surface area contributed by atoms with E-state index in [-0.39, 0.29) is 17.0 Å². The van der Waals surface area contributed by atoms with Crippen LogP contribution in [0.25, 0.3) is 0 Å². The van der Waals surface area contributed by atoms with Crippen LogP contribution in [-0.4, -0.2) is 45.6 Å². The van der Waals surface area contributed by atoms with Gasteiger partial charge in [-0.05, 0) is 61.7 Å². The summed E-state index contributed by atoms with van der Waals surface area (Å²) in [4.78, 5) is 14.2. The quantitative estimate of drug-likeness (QED) is 0.777. The third-order valence-electron chi connectivity index (χ3n) is 4.82. The van der Waals surface area contributed by atoms with Gasteiger partial charge in [0.15, 0.2) is 0 Å². The average molecular weight is 421 g/mol. The molecule has 0 bridgehead atoms. The minimum atomic E-state index is -3.73. The number of hydrogen-bond acceptors (Lipinski definition) is 4. The van der Waals surface area contributed by atoms with E-state index in [1.807, 2.05) is 19.1 Å². The number of carbonyl (C=O) groups excluding carboxylic acids is 1. The molecular weight excluding hydrogens is 397 g/mol. The number of piperidine rings is 1. The van der Waals surface area contributed by atoms with Crippen molar-refractivity contribution in [3.05, 3.63) is 53.8 Å². The Bertz CT molecular complexity index is 972. The minimum Gasteiger partial charge on any atom is -0.495 e. The summed E-state index contributed by atoms with van der Waals surface area (Å²) in [6.07, 6.45) is 0.970.